The van der Waals surface area contributed by atoms with E-state index in [1.165, 1.54) is 0 Å². The van der Waals surface area contributed by atoms with Crippen molar-refractivity contribution >= 4 is 21.6 Å². The number of non-ortho nitro benzene ring substituents is 1. The molecule has 4 nitrogen and oxygen atoms in total. The Morgan fingerprint density at radius 2 is 2.11 bits per heavy atom. The van der Waals surface area contributed by atoms with Gasteiger partial charge in [0.05, 0.1) is 4.92 Å². The van der Waals surface area contributed by atoms with Gasteiger partial charge in [-0.05, 0) is 31.4 Å². The normalized spacial score (nSPS) is 12.7. The fraction of sp³-hybridized carbons (Fsp3) is 0.538. The van der Waals surface area contributed by atoms with Gasteiger partial charge in [0, 0.05) is 22.6 Å². The molecule has 0 amide bonds. The Balaban J connectivity index is 2.71. The van der Waals surface area contributed by atoms with Crippen molar-refractivity contribution < 1.29 is 4.92 Å². The standard InChI is InChI=1S/C13H19BrN2O2/c1-9(2)13(15-3)7-5-10-4-6-11(16(17)18)8-12(10)14/h4,6,8-9,13,15H,5,7H2,1-3H3. The molecule has 0 spiro atoms. The lowest BCUT2D eigenvalue weighted by molar-refractivity contribution is -0.384. The summed E-state index contributed by atoms with van der Waals surface area (Å²) in [5.74, 6) is 0.576. The third-order valence-corrected chi connectivity index (χ3v) is 3.89. The number of nitro groups is 1. The Labute approximate surface area is 116 Å². The first-order chi connectivity index (χ1) is 8.45. The highest BCUT2D eigenvalue weighted by Gasteiger charge is 2.13. The Hall–Kier alpha value is -0.940. The van der Waals surface area contributed by atoms with Crippen LogP contribution in [0.2, 0.25) is 0 Å². The van der Waals surface area contributed by atoms with Crippen LogP contribution in [0.3, 0.4) is 0 Å². The molecule has 1 rings (SSSR count). The molecule has 0 aromatic heterocycles. The van der Waals surface area contributed by atoms with Crippen LogP contribution in [0.4, 0.5) is 5.69 Å². The molecule has 0 bridgehead atoms. The molecule has 0 aliphatic carbocycles. The van der Waals surface area contributed by atoms with Gasteiger partial charge in [-0.25, -0.2) is 0 Å². The average Bonchev–Trinajstić information content (AvgIpc) is 2.30. The molecule has 1 atom stereocenters. The minimum atomic E-state index is -0.376. The number of halogens is 1. The van der Waals surface area contributed by atoms with Gasteiger partial charge in [-0.1, -0.05) is 35.8 Å². The highest BCUT2D eigenvalue weighted by atomic mass is 79.9. The molecule has 0 saturated heterocycles. The predicted octanol–water partition coefficient (Wildman–Crippen LogP) is 3.53. The van der Waals surface area contributed by atoms with E-state index < -0.39 is 0 Å². The van der Waals surface area contributed by atoms with Crippen molar-refractivity contribution in [1.29, 1.82) is 0 Å². The number of aryl methyl sites for hydroxylation is 1. The lowest BCUT2D eigenvalue weighted by Gasteiger charge is -2.20. The molecule has 0 radical (unpaired) electrons. The van der Waals surface area contributed by atoms with Crippen LogP contribution in [0, 0.1) is 16.0 Å². The highest BCUT2D eigenvalue weighted by molar-refractivity contribution is 9.10. The van der Waals surface area contributed by atoms with Gasteiger partial charge in [0.15, 0.2) is 0 Å². The molecule has 18 heavy (non-hydrogen) atoms. The van der Waals surface area contributed by atoms with Crippen molar-refractivity contribution in [3.63, 3.8) is 0 Å². The minimum Gasteiger partial charge on any atom is -0.317 e. The zero-order valence-corrected chi connectivity index (χ0v) is 12.5. The van der Waals surface area contributed by atoms with Crippen LogP contribution < -0.4 is 5.32 Å². The summed E-state index contributed by atoms with van der Waals surface area (Å²) < 4.78 is 0.815. The zero-order chi connectivity index (χ0) is 13.7. The number of hydrogen-bond acceptors (Lipinski definition) is 3. The molecule has 0 saturated carbocycles. The van der Waals surface area contributed by atoms with E-state index in [1.807, 2.05) is 13.1 Å². The van der Waals surface area contributed by atoms with Crippen LogP contribution in [0.1, 0.15) is 25.8 Å². The molecule has 1 unspecified atom stereocenters. The maximum Gasteiger partial charge on any atom is 0.270 e. The lowest BCUT2D eigenvalue weighted by Crippen LogP contribution is -2.31. The van der Waals surface area contributed by atoms with Gasteiger partial charge in [0.25, 0.3) is 5.69 Å². The Morgan fingerprint density at radius 3 is 2.56 bits per heavy atom. The third-order valence-electron chi connectivity index (χ3n) is 3.15. The molecule has 0 aliphatic rings. The quantitative estimate of drug-likeness (QED) is 0.645. The zero-order valence-electron chi connectivity index (χ0n) is 10.9. The molecule has 0 heterocycles. The second-order valence-electron chi connectivity index (χ2n) is 4.71. The van der Waals surface area contributed by atoms with Gasteiger partial charge in [0.1, 0.15) is 0 Å². The van der Waals surface area contributed by atoms with Crippen molar-refractivity contribution in [2.75, 3.05) is 7.05 Å². The number of nitro benzene ring substituents is 1. The molecular formula is C13H19BrN2O2. The largest absolute Gasteiger partial charge is 0.317 e. The summed E-state index contributed by atoms with van der Waals surface area (Å²) in [5.41, 5.74) is 1.24. The van der Waals surface area contributed by atoms with Crippen LogP contribution in [0.5, 0.6) is 0 Å². The third kappa shape index (κ3) is 4.07. The molecule has 1 aromatic carbocycles. The molecule has 0 fully saturated rings. The van der Waals surface area contributed by atoms with E-state index in [4.69, 9.17) is 0 Å². The second-order valence-corrected chi connectivity index (χ2v) is 5.57. The molecule has 1 aromatic rings. The fourth-order valence-corrected chi connectivity index (χ4v) is 2.54. The summed E-state index contributed by atoms with van der Waals surface area (Å²) in [4.78, 5) is 10.3. The number of nitrogens with zero attached hydrogens (tertiary/aromatic N) is 1. The van der Waals surface area contributed by atoms with Crippen molar-refractivity contribution in [3.8, 4) is 0 Å². The van der Waals surface area contributed by atoms with Crippen LogP contribution in [0.25, 0.3) is 0 Å². The summed E-state index contributed by atoms with van der Waals surface area (Å²) in [6.45, 7) is 4.37. The molecule has 1 N–H and O–H groups in total. The van der Waals surface area contributed by atoms with E-state index in [-0.39, 0.29) is 10.6 Å². The number of benzene rings is 1. The SMILES string of the molecule is CNC(CCc1ccc([N+](=O)[O-])cc1Br)C(C)C. The van der Waals surface area contributed by atoms with Crippen molar-refractivity contribution in [2.45, 2.75) is 32.7 Å². The first kappa shape index (κ1) is 15.1. The fourth-order valence-electron chi connectivity index (χ4n) is 1.97. The predicted molar refractivity (Wildman–Crippen MR) is 76.8 cm³/mol. The summed E-state index contributed by atoms with van der Waals surface area (Å²) >= 11 is 3.40. The maximum absolute atomic E-state index is 10.6. The monoisotopic (exact) mass is 314 g/mol. The Bertz CT molecular complexity index is 421. The van der Waals surface area contributed by atoms with Crippen LogP contribution in [0.15, 0.2) is 22.7 Å². The average molecular weight is 315 g/mol. The van der Waals surface area contributed by atoms with Crippen molar-refractivity contribution in [2.24, 2.45) is 5.92 Å². The topological polar surface area (TPSA) is 55.2 Å². The van der Waals surface area contributed by atoms with E-state index in [1.54, 1.807) is 12.1 Å². The Kier molecular flexibility index (Phi) is 5.75. The number of hydrogen-bond donors (Lipinski definition) is 1. The van der Waals surface area contributed by atoms with Crippen molar-refractivity contribution in [1.82, 2.24) is 5.32 Å². The van der Waals surface area contributed by atoms with E-state index in [0.29, 0.717) is 12.0 Å². The van der Waals surface area contributed by atoms with E-state index in [9.17, 15) is 10.1 Å². The van der Waals surface area contributed by atoms with E-state index >= 15 is 0 Å². The van der Waals surface area contributed by atoms with Crippen LogP contribution in [-0.4, -0.2) is 18.0 Å². The molecule has 5 heteroatoms. The van der Waals surface area contributed by atoms with Gasteiger partial charge in [0.2, 0.25) is 0 Å². The van der Waals surface area contributed by atoms with Crippen LogP contribution in [-0.2, 0) is 6.42 Å². The summed E-state index contributed by atoms with van der Waals surface area (Å²) in [7, 11) is 1.97. The summed E-state index contributed by atoms with van der Waals surface area (Å²) in [6, 6.07) is 5.42. The molecule has 0 aliphatic heterocycles. The smallest absolute Gasteiger partial charge is 0.270 e. The lowest BCUT2D eigenvalue weighted by atomic mass is 9.97. The van der Waals surface area contributed by atoms with Gasteiger partial charge < -0.3 is 5.32 Å². The summed E-state index contributed by atoms with van der Waals surface area (Å²) in [6.07, 6.45) is 1.92. The van der Waals surface area contributed by atoms with Gasteiger partial charge in [-0.15, -0.1) is 0 Å². The number of rotatable bonds is 6. The van der Waals surface area contributed by atoms with Gasteiger partial charge >= 0.3 is 0 Å². The summed E-state index contributed by atoms with van der Waals surface area (Å²) in [5, 5.41) is 13.9. The van der Waals surface area contributed by atoms with Crippen LogP contribution >= 0.6 is 15.9 Å². The van der Waals surface area contributed by atoms with Crippen molar-refractivity contribution in [3.05, 3.63) is 38.3 Å². The number of nitrogens with one attached hydrogen (secondary N) is 1. The first-order valence-corrected chi connectivity index (χ1v) is 6.85. The van der Waals surface area contributed by atoms with Gasteiger partial charge in [-0.3, -0.25) is 10.1 Å². The first-order valence-electron chi connectivity index (χ1n) is 6.05. The molecular weight excluding hydrogens is 296 g/mol. The van der Waals surface area contributed by atoms with Gasteiger partial charge in [-0.2, -0.15) is 0 Å². The molecule has 100 valence electrons. The maximum atomic E-state index is 10.6. The van der Waals surface area contributed by atoms with E-state index in [2.05, 4.69) is 35.1 Å². The Morgan fingerprint density at radius 1 is 1.44 bits per heavy atom. The highest BCUT2D eigenvalue weighted by Crippen LogP contribution is 2.24. The minimum absolute atomic E-state index is 0.125. The van der Waals surface area contributed by atoms with E-state index in [0.717, 1.165) is 22.9 Å². The second kappa shape index (κ2) is 6.85.